The van der Waals surface area contributed by atoms with Crippen LogP contribution in [0.3, 0.4) is 0 Å². The number of guanidine groups is 1. The van der Waals surface area contributed by atoms with Crippen LogP contribution in [0.4, 0.5) is 0 Å². The van der Waals surface area contributed by atoms with Gasteiger partial charge < -0.3 is 20.9 Å². The van der Waals surface area contributed by atoms with Gasteiger partial charge in [0.05, 0.1) is 6.54 Å². The first kappa shape index (κ1) is 22.1. The number of piperazine rings is 1. The Morgan fingerprint density at radius 1 is 1.23 bits per heavy atom. The lowest BCUT2D eigenvalue weighted by molar-refractivity contribution is -0.123. The summed E-state index contributed by atoms with van der Waals surface area (Å²) in [5.41, 5.74) is 1.68. The monoisotopic (exact) mass is 413 g/mol. The highest BCUT2D eigenvalue weighted by Crippen LogP contribution is 2.30. The van der Waals surface area contributed by atoms with Crippen LogP contribution in [0.1, 0.15) is 54.9 Å². The molecule has 2 amide bonds. The summed E-state index contributed by atoms with van der Waals surface area (Å²) in [4.78, 5) is 29.9. The molecule has 2 atom stereocenters. The van der Waals surface area contributed by atoms with Gasteiger partial charge in [0.2, 0.25) is 5.91 Å². The maximum Gasteiger partial charge on any atom is 0.254 e. The van der Waals surface area contributed by atoms with Crippen LogP contribution in [0.2, 0.25) is 0 Å². The van der Waals surface area contributed by atoms with Crippen molar-refractivity contribution >= 4 is 17.8 Å². The molecule has 1 heterocycles. The molecular weight excluding hydrogens is 378 g/mol. The average Bonchev–Trinajstić information content (AvgIpc) is 2.76. The van der Waals surface area contributed by atoms with Crippen molar-refractivity contribution < 1.29 is 9.59 Å². The molecule has 1 aromatic carbocycles. The Labute approximate surface area is 179 Å². The minimum absolute atomic E-state index is 0.0983. The summed E-state index contributed by atoms with van der Waals surface area (Å²) in [6.45, 7) is 5.13. The standard InChI is InChI=1S/C23H35N5O2/c1-17-4-3-5-18(14-17)10-11-26-23(24-2)27-15-19-6-8-20(9-7-19)22(30)28-13-12-25-21(29)16-28/h6-9,17-18H,3-5,10-16H2,1-2H3,(H,25,29)(H2,24,26,27). The molecular formula is C23H35N5O2. The summed E-state index contributed by atoms with van der Waals surface area (Å²) >= 11 is 0. The molecule has 0 radical (unpaired) electrons. The number of rotatable bonds is 6. The summed E-state index contributed by atoms with van der Waals surface area (Å²) in [7, 11) is 1.79. The van der Waals surface area contributed by atoms with E-state index in [-0.39, 0.29) is 18.4 Å². The Bertz CT molecular complexity index is 746. The SMILES string of the molecule is CN=C(NCCC1CCCC(C)C1)NCc1ccc(C(=O)N2CCNC(=O)C2)cc1. The van der Waals surface area contributed by atoms with Gasteiger partial charge in [-0.05, 0) is 42.4 Å². The van der Waals surface area contributed by atoms with E-state index in [9.17, 15) is 9.59 Å². The fourth-order valence-electron chi connectivity index (χ4n) is 4.38. The second-order valence-electron chi connectivity index (χ2n) is 8.55. The molecule has 1 aliphatic carbocycles. The van der Waals surface area contributed by atoms with Gasteiger partial charge >= 0.3 is 0 Å². The number of aliphatic imine (C=N–C) groups is 1. The molecule has 2 aliphatic rings. The maximum atomic E-state index is 12.5. The summed E-state index contributed by atoms with van der Waals surface area (Å²) in [5.74, 6) is 2.29. The van der Waals surface area contributed by atoms with Crippen molar-refractivity contribution in [1.29, 1.82) is 0 Å². The van der Waals surface area contributed by atoms with Crippen LogP contribution in [0, 0.1) is 11.8 Å². The van der Waals surface area contributed by atoms with Crippen LogP contribution in [-0.4, -0.2) is 55.9 Å². The Morgan fingerprint density at radius 3 is 2.73 bits per heavy atom. The van der Waals surface area contributed by atoms with Gasteiger partial charge in [-0.1, -0.05) is 38.3 Å². The third kappa shape index (κ3) is 6.47. The van der Waals surface area contributed by atoms with E-state index >= 15 is 0 Å². The number of benzene rings is 1. The molecule has 30 heavy (non-hydrogen) atoms. The van der Waals surface area contributed by atoms with E-state index in [1.165, 1.54) is 32.1 Å². The molecule has 7 nitrogen and oxygen atoms in total. The molecule has 7 heteroatoms. The lowest BCUT2D eigenvalue weighted by atomic mass is 9.81. The van der Waals surface area contributed by atoms with Crippen molar-refractivity contribution in [3.8, 4) is 0 Å². The highest BCUT2D eigenvalue weighted by molar-refractivity contribution is 5.97. The summed E-state index contributed by atoms with van der Waals surface area (Å²) in [6.07, 6.45) is 6.63. The molecule has 164 valence electrons. The minimum atomic E-state index is -0.104. The van der Waals surface area contributed by atoms with E-state index in [2.05, 4.69) is 27.9 Å². The number of amides is 2. The van der Waals surface area contributed by atoms with Crippen molar-refractivity contribution in [2.75, 3.05) is 33.2 Å². The van der Waals surface area contributed by atoms with Gasteiger partial charge in [0.1, 0.15) is 0 Å². The van der Waals surface area contributed by atoms with Gasteiger partial charge in [0.15, 0.2) is 5.96 Å². The first-order chi connectivity index (χ1) is 14.5. The minimum Gasteiger partial charge on any atom is -0.356 e. The highest BCUT2D eigenvalue weighted by Gasteiger charge is 2.22. The van der Waals surface area contributed by atoms with E-state index in [1.54, 1.807) is 11.9 Å². The third-order valence-electron chi connectivity index (χ3n) is 6.10. The van der Waals surface area contributed by atoms with E-state index in [4.69, 9.17) is 0 Å². The molecule has 3 rings (SSSR count). The van der Waals surface area contributed by atoms with E-state index in [0.29, 0.717) is 25.2 Å². The third-order valence-corrected chi connectivity index (χ3v) is 6.10. The van der Waals surface area contributed by atoms with Crippen LogP contribution >= 0.6 is 0 Å². The molecule has 1 aromatic rings. The number of hydrogen-bond donors (Lipinski definition) is 3. The van der Waals surface area contributed by atoms with Gasteiger partial charge in [-0.2, -0.15) is 0 Å². The zero-order valence-electron chi connectivity index (χ0n) is 18.2. The topological polar surface area (TPSA) is 85.8 Å². The predicted molar refractivity (Wildman–Crippen MR) is 119 cm³/mol. The largest absolute Gasteiger partial charge is 0.356 e. The summed E-state index contributed by atoms with van der Waals surface area (Å²) in [5, 5.41) is 9.50. The molecule has 1 saturated heterocycles. The highest BCUT2D eigenvalue weighted by atomic mass is 16.2. The quantitative estimate of drug-likeness (QED) is 0.493. The Balaban J connectivity index is 1.42. The van der Waals surface area contributed by atoms with Crippen LogP contribution < -0.4 is 16.0 Å². The van der Waals surface area contributed by atoms with Crippen LogP contribution in [-0.2, 0) is 11.3 Å². The van der Waals surface area contributed by atoms with Gasteiger partial charge in [0, 0.05) is 38.8 Å². The van der Waals surface area contributed by atoms with Crippen LogP contribution in [0.15, 0.2) is 29.3 Å². The van der Waals surface area contributed by atoms with Crippen LogP contribution in [0.25, 0.3) is 0 Å². The van der Waals surface area contributed by atoms with Gasteiger partial charge in [-0.15, -0.1) is 0 Å². The molecule has 2 fully saturated rings. The molecule has 0 bridgehead atoms. The smallest absolute Gasteiger partial charge is 0.254 e. The second-order valence-corrected chi connectivity index (χ2v) is 8.55. The molecule has 1 aliphatic heterocycles. The summed E-state index contributed by atoms with van der Waals surface area (Å²) < 4.78 is 0. The number of nitrogens with one attached hydrogen (secondary N) is 3. The molecule has 0 spiro atoms. The van der Waals surface area contributed by atoms with Crippen LogP contribution in [0.5, 0.6) is 0 Å². The number of nitrogens with zero attached hydrogens (tertiary/aromatic N) is 2. The number of carbonyl (C=O) groups excluding carboxylic acids is 2. The van der Waals surface area contributed by atoms with Crippen molar-refractivity contribution in [3.63, 3.8) is 0 Å². The maximum absolute atomic E-state index is 12.5. The average molecular weight is 414 g/mol. The van der Waals surface area contributed by atoms with E-state index < -0.39 is 0 Å². The summed E-state index contributed by atoms with van der Waals surface area (Å²) in [6, 6.07) is 7.54. The van der Waals surface area contributed by atoms with E-state index in [0.717, 1.165) is 29.9 Å². The Hall–Kier alpha value is -2.57. The van der Waals surface area contributed by atoms with Crippen molar-refractivity contribution in [3.05, 3.63) is 35.4 Å². The normalized spacial score (nSPS) is 22.4. The lowest BCUT2D eigenvalue weighted by Crippen LogP contribution is -2.49. The molecule has 2 unspecified atom stereocenters. The Morgan fingerprint density at radius 2 is 2.03 bits per heavy atom. The number of carbonyl (C=O) groups is 2. The van der Waals surface area contributed by atoms with E-state index in [1.807, 2.05) is 24.3 Å². The van der Waals surface area contributed by atoms with Crippen molar-refractivity contribution in [2.45, 2.75) is 45.6 Å². The molecule has 0 aromatic heterocycles. The second kappa shape index (κ2) is 11.0. The van der Waals surface area contributed by atoms with Gasteiger partial charge in [-0.3, -0.25) is 14.6 Å². The zero-order valence-corrected chi connectivity index (χ0v) is 18.2. The number of hydrogen-bond acceptors (Lipinski definition) is 3. The fraction of sp³-hybridized carbons (Fsp3) is 0.609. The zero-order chi connectivity index (χ0) is 21.3. The molecule has 3 N–H and O–H groups in total. The first-order valence-electron chi connectivity index (χ1n) is 11.1. The first-order valence-corrected chi connectivity index (χ1v) is 11.1. The van der Waals surface area contributed by atoms with Gasteiger partial charge in [0.25, 0.3) is 5.91 Å². The molecule has 1 saturated carbocycles. The lowest BCUT2D eigenvalue weighted by Gasteiger charge is -2.27. The predicted octanol–water partition coefficient (Wildman–Crippen LogP) is 2.14. The van der Waals surface area contributed by atoms with Gasteiger partial charge in [-0.25, -0.2) is 0 Å². The van der Waals surface area contributed by atoms with Crippen molar-refractivity contribution in [2.24, 2.45) is 16.8 Å². The fourth-order valence-corrected chi connectivity index (χ4v) is 4.38. The Kier molecular flexibility index (Phi) is 8.11. The van der Waals surface area contributed by atoms with Crippen molar-refractivity contribution in [1.82, 2.24) is 20.9 Å².